The highest BCUT2D eigenvalue weighted by Crippen LogP contribution is 2.40. The highest BCUT2D eigenvalue weighted by Gasteiger charge is 2.55. The van der Waals surface area contributed by atoms with Crippen molar-refractivity contribution in [1.29, 1.82) is 5.26 Å². The molecule has 1 aliphatic rings. The summed E-state index contributed by atoms with van der Waals surface area (Å²) < 4.78 is 41.4. The summed E-state index contributed by atoms with van der Waals surface area (Å²) in [4.78, 5) is 22.9. The highest BCUT2D eigenvalue weighted by atomic mass is 19.4. The van der Waals surface area contributed by atoms with E-state index in [1.165, 1.54) is 21.9 Å². The lowest BCUT2D eigenvalue weighted by Crippen LogP contribution is -2.45. The first-order valence-electron chi connectivity index (χ1n) is 10.1. The fraction of sp³-hybridized carbons (Fsp3) is 0.304. The van der Waals surface area contributed by atoms with Gasteiger partial charge in [-0.2, -0.15) is 18.4 Å². The standard InChI is InChI=1S/C23H20F3N5O2/c1-14-12-30(13-18-11-29-21(31(14)18)22(2,33)23(24,25)26)20(32)17-7-8-28-19(9-17)16-5-3-15(10-27)4-6-16/h3-9,11,14,33H,12-13H2,1-2H3/t14-,22?/m0/s1. The van der Waals surface area contributed by atoms with Crippen molar-refractivity contribution in [1.82, 2.24) is 19.4 Å². The molecule has 1 aromatic carbocycles. The lowest BCUT2D eigenvalue weighted by molar-refractivity contribution is -0.263. The molecule has 7 nitrogen and oxygen atoms in total. The molecule has 3 heterocycles. The van der Waals surface area contributed by atoms with Gasteiger partial charge in [-0.1, -0.05) is 12.1 Å². The number of carbonyl (C=O) groups excluding carboxylic acids is 1. The Kier molecular flexibility index (Phi) is 5.46. The summed E-state index contributed by atoms with van der Waals surface area (Å²) in [5.41, 5.74) is -0.507. The molecular weight excluding hydrogens is 435 g/mol. The zero-order chi connectivity index (χ0) is 24.0. The van der Waals surface area contributed by atoms with E-state index in [1.54, 1.807) is 43.3 Å². The minimum Gasteiger partial charge on any atom is -0.374 e. The number of aromatic nitrogens is 3. The van der Waals surface area contributed by atoms with Crippen molar-refractivity contribution in [2.75, 3.05) is 6.54 Å². The molecule has 33 heavy (non-hydrogen) atoms. The highest BCUT2D eigenvalue weighted by molar-refractivity contribution is 5.95. The van der Waals surface area contributed by atoms with Crippen LogP contribution < -0.4 is 0 Å². The molecule has 0 fully saturated rings. The summed E-state index contributed by atoms with van der Waals surface area (Å²) in [5, 5.41) is 19.0. The Morgan fingerprint density at radius 3 is 2.55 bits per heavy atom. The molecule has 0 radical (unpaired) electrons. The van der Waals surface area contributed by atoms with Crippen LogP contribution in [0.15, 0.2) is 48.8 Å². The number of rotatable bonds is 3. The van der Waals surface area contributed by atoms with Crippen LogP contribution >= 0.6 is 0 Å². The number of alkyl halides is 3. The monoisotopic (exact) mass is 455 g/mol. The fourth-order valence-electron chi connectivity index (χ4n) is 3.93. The maximum atomic E-state index is 13.4. The van der Waals surface area contributed by atoms with Gasteiger partial charge in [0.05, 0.1) is 41.8 Å². The number of nitriles is 1. The van der Waals surface area contributed by atoms with Crippen molar-refractivity contribution < 1.29 is 23.1 Å². The third kappa shape index (κ3) is 3.96. The molecule has 1 aliphatic heterocycles. The quantitative estimate of drug-likeness (QED) is 0.648. The number of pyridine rings is 1. The summed E-state index contributed by atoms with van der Waals surface area (Å²) in [6.07, 6.45) is -2.11. The van der Waals surface area contributed by atoms with Gasteiger partial charge in [-0.25, -0.2) is 4.98 Å². The Hall–Kier alpha value is -3.71. The van der Waals surface area contributed by atoms with Crippen LogP contribution in [0.4, 0.5) is 13.2 Å². The number of carbonyl (C=O) groups is 1. The molecule has 0 aliphatic carbocycles. The van der Waals surface area contributed by atoms with E-state index in [9.17, 15) is 23.1 Å². The number of nitrogens with zero attached hydrogens (tertiary/aromatic N) is 5. The predicted molar refractivity (Wildman–Crippen MR) is 112 cm³/mol. The summed E-state index contributed by atoms with van der Waals surface area (Å²) in [7, 11) is 0. The smallest absolute Gasteiger partial charge is 0.374 e. The van der Waals surface area contributed by atoms with Crippen LogP contribution in [0.5, 0.6) is 0 Å². The molecule has 0 saturated carbocycles. The Balaban J connectivity index is 1.60. The summed E-state index contributed by atoms with van der Waals surface area (Å²) in [6, 6.07) is 11.5. The molecule has 4 rings (SSSR count). The molecule has 170 valence electrons. The molecular formula is C23H20F3N5O2. The number of aliphatic hydroxyl groups is 1. The van der Waals surface area contributed by atoms with E-state index in [4.69, 9.17) is 5.26 Å². The van der Waals surface area contributed by atoms with Crippen LogP contribution in [0.3, 0.4) is 0 Å². The van der Waals surface area contributed by atoms with Gasteiger partial charge < -0.3 is 14.6 Å². The molecule has 0 spiro atoms. The summed E-state index contributed by atoms with van der Waals surface area (Å²) in [6.45, 7) is 2.56. The second-order valence-corrected chi connectivity index (χ2v) is 8.17. The molecule has 1 N–H and O–H groups in total. The van der Waals surface area contributed by atoms with Gasteiger partial charge in [0.15, 0.2) is 5.82 Å². The molecule has 2 aromatic heterocycles. The number of amides is 1. The normalized spacial score (nSPS) is 17.7. The van der Waals surface area contributed by atoms with Gasteiger partial charge in [0, 0.05) is 23.9 Å². The Labute approximate surface area is 187 Å². The van der Waals surface area contributed by atoms with Gasteiger partial charge in [0.25, 0.3) is 5.91 Å². The number of imidazole rings is 1. The van der Waals surface area contributed by atoms with Gasteiger partial charge in [-0.05, 0) is 38.1 Å². The van der Waals surface area contributed by atoms with Crippen molar-refractivity contribution in [3.8, 4) is 17.3 Å². The average molecular weight is 455 g/mol. The topological polar surface area (TPSA) is 95.0 Å². The van der Waals surface area contributed by atoms with Crippen molar-refractivity contribution in [3.63, 3.8) is 0 Å². The van der Waals surface area contributed by atoms with Crippen LogP contribution in [-0.4, -0.2) is 43.2 Å². The van der Waals surface area contributed by atoms with Gasteiger partial charge in [0.2, 0.25) is 5.60 Å². The Morgan fingerprint density at radius 1 is 1.21 bits per heavy atom. The third-order valence-electron chi connectivity index (χ3n) is 5.74. The number of halogens is 3. The van der Waals surface area contributed by atoms with Gasteiger partial charge in [0.1, 0.15) is 0 Å². The maximum Gasteiger partial charge on any atom is 0.424 e. The number of hydrogen-bond donors (Lipinski definition) is 1. The first-order valence-corrected chi connectivity index (χ1v) is 10.1. The molecule has 1 amide bonds. The Morgan fingerprint density at radius 2 is 1.91 bits per heavy atom. The van der Waals surface area contributed by atoms with E-state index in [-0.39, 0.29) is 19.0 Å². The van der Waals surface area contributed by atoms with Crippen LogP contribution in [0.1, 0.15) is 47.3 Å². The lowest BCUT2D eigenvalue weighted by Gasteiger charge is -2.36. The van der Waals surface area contributed by atoms with Crippen molar-refractivity contribution in [2.45, 2.75) is 38.2 Å². The predicted octanol–water partition coefficient (Wildman–Crippen LogP) is 3.80. The third-order valence-corrected chi connectivity index (χ3v) is 5.74. The van der Waals surface area contributed by atoms with Crippen LogP contribution in [0, 0.1) is 11.3 Å². The molecule has 3 aromatic rings. The molecule has 2 atom stereocenters. The zero-order valence-electron chi connectivity index (χ0n) is 17.8. The van der Waals surface area contributed by atoms with E-state index < -0.39 is 23.6 Å². The van der Waals surface area contributed by atoms with E-state index in [2.05, 4.69) is 9.97 Å². The second kappa shape index (κ2) is 8.01. The van der Waals surface area contributed by atoms with Crippen molar-refractivity contribution in [3.05, 3.63) is 71.4 Å². The van der Waals surface area contributed by atoms with Crippen molar-refractivity contribution >= 4 is 5.91 Å². The largest absolute Gasteiger partial charge is 0.424 e. The number of fused-ring (bicyclic) bond motifs is 1. The van der Waals surface area contributed by atoms with E-state index in [0.29, 0.717) is 29.4 Å². The van der Waals surface area contributed by atoms with Crippen LogP contribution in [0.25, 0.3) is 11.3 Å². The first-order chi connectivity index (χ1) is 15.5. The minimum atomic E-state index is -4.89. The van der Waals surface area contributed by atoms with E-state index in [1.807, 2.05) is 6.07 Å². The second-order valence-electron chi connectivity index (χ2n) is 8.17. The van der Waals surface area contributed by atoms with Crippen LogP contribution in [-0.2, 0) is 12.1 Å². The lowest BCUT2D eigenvalue weighted by atomic mass is 10.0. The van der Waals surface area contributed by atoms with Crippen LogP contribution in [0.2, 0.25) is 0 Å². The average Bonchev–Trinajstić information content (AvgIpc) is 3.23. The van der Waals surface area contributed by atoms with Gasteiger partial charge >= 0.3 is 6.18 Å². The molecule has 10 heteroatoms. The molecule has 1 unspecified atom stereocenters. The molecule has 0 saturated heterocycles. The van der Waals surface area contributed by atoms with Gasteiger partial charge in [-0.3, -0.25) is 9.78 Å². The molecule has 0 bridgehead atoms. The summed E-state index contributed by atoms with van der Waals surface area (Å²) >= 11 is 0. The first kappa shape index (κ1) is 22.5. The zero-order valence-corrected chi connectivity index (χ0v) is 17.8. The fourth-order valence-corrected chi connectivity index (χ4v) is 3.93. The van der Waals surface area contributed by atoms with E-state index >= 15 is 0 Å². The Bertz CT molecular complexity index is 1240. The number of hydrogen-bond acceptors (Lipinski definition) is 5. The SMILES string of the molecule is C[C@H]1CN(C(=O)c2ccnc(-c3ccc(C#N)cc3)c2)Cc2cnc(C(C)(O)C(F)(F)F)n21. The minimum absolute atomic E-state index is 0.0542. The summed E-state index contributed by atoms with van der Waals surface area (Å²) in [5.74, 6) is -0.785. The van der Waals surface area contributed by atoms with Crippen molar-refractivity contribution in [2.24, 2.45) is 0 Å². The van der Waals surface area contributed by atoms with E-state index in [0.717, 1.165) is 5.56 Å². The number of benzene rings is 1. The maximum absolute atomic E-state index is 13.4. The van der Waals surface area contributed by atoms with Gasteiger partial charge in [-0.15, -0.1) is 0 Å².